The molecule has 2 aromatic rings. The summed E-state index contributed by atoms with van der Waals surface area (Å²) in [5, 5.41) is 0.661. The lowest BCUT2D eigenvalue weighted by Gasteiger charge is -2.14. The first-order valence-electron chi connectivity index (χ1n) is 9.49. The second-order valence-corrected chi connectivity index (χ2v) is 7.59. The van der Waals surface area contributed by atoms with E-state index in [4.69, 9.17) is 16.3 Å². The number of hydrogen-bond acceptors (Lipinski definition) is 3. The number of allylic oxidation sites excluding steroid dienone is 1. The van der Waals surface area contributed by atoms with Crippen LogP contribution < -0.4 is 0 Å². The van der Waals surface area contributed by atoms with Crippen molar-refractivity contribution < 1.29 is 14.3 Å². The molecule has 1 aromatic heterocycles. The molecule has 0 spiro atoms. The summed E-state index contributed by atoms with van der Waals surface area (Å²) in [6, 6.07) is 7.78. The van der Waals surface area contributed by atoms with Crippen molar-refractivity contribution in [2.45, 2.75) is 34.6 Å². The van der Waals surface area contributed by atoms with Crippen LogP contribution in [0.5, 0.6) is 0 Å². The monoisotopic (exact) mass is 412 g/mol. The molecule has 0 aliphatic carbocycles. The Kier molecular flexibility index (Phi) is 5.71. The Labute approximate surface area is 176 Å². The number of rotatable bonds is 4. The molecule has 2 heterocycles. The number of hydrogen-bond donors (Lipinski definition) is 0. The molecule has 1 amide bonds. The van der Waals surface area contributed by atoms with Gasteiger partial charge in [0, 0.05) is 34.3 Å². The maximum Gasteiger partial charge on any atom is 0.340 e. The second-order valence-electron chi connectivity index (χ2n) is 7.15. The number of likely N-dealkylation sites (N-methyl/N-ethyl adjacent to an activating group) is 1. The number of methoxy groups -OCH3 is 1. The average Bonchev–Trinajstić information content (AvgIpc) is 3.09. The molecular formula is C23H25ClN2O3. The van der Waals surface area contributed by atoms with Crippen LogP contribution >= 0.6 is 11.6 Å². The highest BCUT2D eigenvalue weighted by Crippen LogP contribution is 2.33. The molecule has 0 fully saturated rings. The smallest absolute Gasteiger partial charge is 0.340 e. The third kappa shape index (κ3) is 3.51. The number of amides is 1. The van der Waals surface area contributed by atoms with Gasteiger partial charge in [-0.25, -0.2) is 4.79 Å². The minimum atomic E-state index is -0.502. The van der Waals surface area contributed by atoms with Crippen LogP contribution in [-0.2, 0) is 14.3 Å². The van der Waals surface area contributed by atoms with Crippen LogP contribution in [0.2, 0.25) is 5.02 Å². The van der Waals surface area contributed by atoms with Crippen molar-refractivity contribution in [2.75, 3.05) is 13.7 Å². The highest BCUT2D eigenvalue weighted by Gasteiger charge is 2.36. The fourth-order valence-corrected chi connectivity index (χ4v) is 4.06. The van der Waals surface area contributed by atoms with Gasteiger partial charge in [0.05, 0.1) is 18.3 Å². The Bertz CT molecular complexity index is 1080. The van der Waals surface area contributed by atoms with E-state index in [1.807, 2.05) is 52.0 Å². The zero-order valence-electron chi connectivity index (χ0n) is 17.6. The van der Waals surface area contributed by atoms with Gasteiger partial charge in [0.15, 0.2) is 0 Å². The van der Waals surface area contributed by atoms with Crippen molar-refractivity contribution in [3.05, 3.63) is 68.6 Å². The molecule has 0 saturated carbocycles. The number of nitrogens with zero attached hydrogens (tertiary/aromatic N) is 2. The summed E-state index contributed by atoms with van der Waals surface area (Å²) < 4.78 is 7.04. The number of halogens is 1. The molecule has 1 aliphatic heterocycles. The first-order valence-corrected chi connectivity index (χ1v) is 9.87. The third-order valence-corrected chi connectivity index (χ3v) is 5.63. The lowest BCUT2D eigenvalue weighted by Crippen LogP contribution is -2.24. The number of carbonyl (C=O) groups excluding carboxylic acids is 2. The minimum absolute atomic E-state index is 0.186. The van der Waals surface area contributed by atoms with Gasteiger partial charge >= 0.3 is 5.97 Å². The van der Waals surface area contributed by atoms with E-state index in [9.17, 15) is 9.59 Å². The van der Waals surface area contributed by atoms with E-state index in [2.05, 4.69) is 4.57 Å². The van der Waals surface area contributed by atoms with Gasteiger partial charge in [-0.3, -0.25) is 4.79 Å². The van der Waals surface area contributed by atoms with E-state index >= 15 is 0 Å². The van der Waals surface area contributed by atoms with Crippen molar-refractivity contribution >= 4 is 29.6 Å². The number of esters is 1. The fourth-order valence-electron chi connectivity index (χ4n) is 3.89. The molecule has 152 valence electrons. The Hall–Kier alpha value is -2.79. The largest absolute Gasteiger partial charge is 0.465 e. The van der Waals surface area contributed by atoms with Crippen LogP contribution in [0, 0.1) is 20.8 Å². The van der Waals surface area contributed by atoms with Crippen molar-refractivity contribution in [3.63, 3.8) is 0 Å². The predicted molar refractivity (Wildman–Crippen MR) is 115 cm³/mol. The molecular weight excluding hydrogens is 388 g/mol. The third-order valence-electron chi connectivity index (χ3n) is 5.40. The van der Waals surface area contributed by atoms with Gasteiger partial charge in [-0.15, -0.1) is 0 Å². The zero-order valence-corrected chi connectivity index (χ0v) is 18.3. The summed E-state index contributed by atoms with van der Waals surface area (Å²) in [5.41, 5.74) is 6.23. The van der Waals surface area contributed by atoms with Crippen molar-refractivity contribution in [1.82, 2.24) is 9.47 Å². The van der Waals surface area contributed by atoms with Gasteiger partial charge in [0.25, 0.3) is 5.91 Å². The zero-order chi connectivity index (χ0) is 21.5. The number of aryl methyl sites for hydroxylation is 2. The molecule has 1 aliphatic rings. The van der Waals surface area contributed by atoms with Crippen LogP contribution in [0.25, 0.3) is 11.8 Å². The van der Waals surface area contributed by atoms with E-state index in [0.717, 1.165) is 28.2 Å². The molecule has 3 rings (SSSR count). The molecule has 0 radical (unpaired) electrons. The molecule has 0 N–H and O–H groups in total. The highest BCUT2D eigenvalue weighted by atomic mass is 35.5. The predicted octanol–water partition coefficient (Wildman–Crippen LogP) is 4.75. The van der Waals surface area contributed by atoms with E-state index in [0.29, 0.717) is 28.4 Å². The van der Waals surface area contributed by atoms with Gasteiger partial charge in [-0.05, 0) is 70.0 Å². The van der Waals surface area contributed by atoms with E-state index in [1.165, 1.54) is 7.11 Å². The molecule has 5 nitrogen and oxygen atoms in total. The van der Waals surface area contributed by atoms with Gasteiger partial charge in [0.1, 0.15) is 0 Å². The molecule has 29 heavy (non-hydrogen) atoms. The van der Waals surface area contributed by atoms with Gasteiger partial charge in [-0.2, -0.15) is 0 Å². The fraction of sp³-hybridized carbons (Fsp3) is 0.304. The van der Waals surface area contributed by atoms with Crippen LogP contribution in [0.4, 0.5) is 0 Å². The van der Waals surface area contributed by atoms with Crippen molar-refractivity contribution in [2.24, 2.45) is 0 Å². The molecule has 0 bridgehead atoms. The minimum Gasteiger partial charge on any atom is -0.465 e. The van der Waals surface area contributed by atoms with Gasteiger partial charge in [-0.1, -0.05) is 17.7 Å². The molecule has 0 atom stereocenters. The van der Waals surface area contributed by atoms with Crippen LogP contribution in [0.15, 0.2) is 41.1 Å². The normalized spacial score (nSPS) is 15.6. The maximum absolute atomic E-state index is 12.9. The lowest BCUT2D eigenvalue weighted by atomic mass is 10.0. The summed E-state index contributed by atoms with van der Waals surface area (Å²) in [6.45, 7) is 10.2. The summed E-state index contributed by atoms with van der Waals surface area (Å²) >= 11 is 6.22. The average molecular weight is 413 g/mol. The molecule has 0 saturated heterocycles. The first kappa shape index (κ1) is 20.9. The number of carbonyl (C=O) groups is 2. The van der Waals surface area contributed by atoms with E-state index in [-0.39, 0.29) is 5.91 Å². The first-order chi connectivity index (χ1) is 13.7. The number of ether oxygens (including phenoxy) is 1. The topological polar surface area (TPSA) is 51.5 Å². The van der Waals surface area contributed by atoms with Gasteiger partial charge < -0.3 is 14.2 Å². The summed E-state index contributed by atoms with van der Waals surface area (Å²) in [4.78, 5) is 26.9. The van der Waals surface area contributed by atoms with Crippen molar-refractivity contribution in [3.8, 4) is 5.69 Å². The maximum atomic E-state index is 12.9. The Morgan fingerprint density at radius 2 is 1.86 bits per heavy atom. The second kappa shape index (κ2) is 7.91. The summed E-state index contributed by atoms with van der Waals surface area (Å²) in [6.07, 6.45) is 1.78. The Balaban J connectivity index is 2.18. The van der Waals surface area contributed by atoms with Crippen molar-refractivity contribution in [1.29, 1.82) is 0 Å². The standard InChI is InChI=1S/C23H25ClN2O3/c1-7-25-16(5)21(23(28)29-6)19(22(25)27)11-17-10-14(3)26(15(17)4)20-12-18(24)9-8-13(20)2/h8-12H,7H2,1-6H3/b19-11-. The van der Waals surface area contributed by atoms with Crippen LogP contribution in [-0.4, -0.2) is 35.0 Å². The molecule has 6 heteroatoms. The number of aromatic nitrogens is 1. The van der Waals surface area contributed by atoms with Crippen LogP contribution in [0.1, 0.15) is 36.4 Å². The Morgan fingerprint density at radius 1 is 1.17 bits per heavy atom. The van der Waals surface area contributed by atoms with Crippen LogP contribution in [0.3, 0.4) is 0 Å². The highest BCUT2D eigenvalue weighted by molar-refractivity contribution is 6.30. The summed E-state index contributed by atoms with van der Waals surface area (Å²) in [5.74, 6) is -0.688. The SMILES string of the molecule is CCN1C(=O)/C(=C\c2cc(C)n(-c3cc(Cl)ccc3C)c2C)C(C(=O)OC)=C1C. The van der Waals surface area contributed by atoms with Gasteiger partial charge in [0.2, 0.25) is 0 Å². The van der Waals surface area contributed by atoms with E-state index in [1.54, 1.807) is 17.9 Å². The molecule has 0 unspecified atom stereocenters. The molecule has 1 aromatic carbocycles. The van der Waals surface area contributed by atoms with E-state index < -0.39 is 5.97 Å². The number of benzene rings is 1. The summed E-state index contributed by atoms with van der Waals surface area (Å²) in [7, 11) is 1.33. The lowest BCUT2D eigenvalue weighted by molar-refractivity contribution is -0.136. The Morgan fingerprint density at radius 3 is 2.48 bits per heavy atom. The quantitative estimate of drug-likeness (QED) is 0.538.